The highest BCUT2D eigenvalue weighted by atomic mass is 16.6. The van der Waals surface area contributed by atoms with E-state index in [4.69, 9.17) is 19.0 Å². The van der Waals surface area contributed by atoms with E-state index in [1.807, 2.05) is 36.4 Å². The summed E-state index contributed by atoms with van der Waals surface area (Å²) in [4.78, 5) is 22.1. The van der Waals surface area contributed by atoms with Crippen LogP contribution in [0.3, 0.4) is 0 Å². The normalized spacial score (nSPS) is 11.1. The van der Waals surface area contributed by atoms with Crippen molar-refractivity contribution in [1.82, 2.24) is 4.98 Å². The maximum atomic E-state index is 12.4. The Labute approximate surface area is 203 Å². The molecule has 1 amide bonds. The number of nitrogens with zero attached hydrogens (tertiary/aromatic N) is 2. The number of pyridine rings is 1. The molecule has 8 nitrogen and oxygen atoms in total. The van der Waals surface area contributed by atoms with E-state index in [0.717, 1.165) is 10.9 Å². The number of ether oxygens (including phenoxy) is 3. The molecule has 1 heterocycles. The van der Waals surface area contributed by atoms with Gasteiger partial charge in [-0.15, -0.1) is 0 Å². The van der Waals surface area contributed by atoms with Gasteiger partial charge in [0.25, 0.3) is 5.91 Å². The predicted molar refractivity (Wildman–Crippen MR) is 134 cm³/mol. The van der Waals surface area contributed by atoms with Gasteiger partial charge in [0.05, 0.1) is 19.7 Å². The maximum absolute atomic E-state index is 12.4. The van der Waals surface area contributed by atoms with Gasteiger partial charge in [0.15, 0.2) is 11.5 Å². The average molecular weight is 472 g/mol. The molecule has 4 aromatic rings. The molecule has 4 rings (SSSR count). The number of hydrogen-bond acceptors (Lipinski definition) is 7. The third-order valence-corrected chi connectivity index (χ3v) is 5.15. The Morgan fingerprint density at radius 3 is 2.34 bits per heavy atom. The first kappa shape index (κ1) is 23.6. The second-order valence-corrected chi connectivity index (χ2v) is 7.55. The largest absolute Gasteiger partial charge is 0.493 e. The molecule has 0 bridgehead atoms. The van der Waals surface area contributed by atoms with E-state index < -0.39 is 0 Å². The summed E-state index contributed by atoms with van der Waals surface area (Å²) in [6, 6.07) is 22.0. The number of fused-ring (bicyclic) bond motifs is 1. The molecule has 0 saturated heterocycles. The van der Waals surface area contributed by atoms with Crippen LogP contribution in [-0.2, 0) is 16.2 Å². The van der Waals surface area contributed by atoms with Gasteiger partial charge in [0.2, 0.25) is 0 Å². The number of carbonyl (C=O) groups excluding carboxylic acids is 1. The number of amides is 1. The van der Waals surface area contributed by atoms with Crippen molar-refractivity contribution in [3.63, 3.8) is 0 Å². The fourth-order valence-corrected chi connectivity index (χ4v) is 3.31. The summed E-state index contributed by atoms with van der Waals surface area (Å²) in [5.41, 5.74) is 2.51. The van der Waals surface area contributed by atoms with Gasteiger partial charge in [-0.3, -0.25) is 9.78 Å². The summed E-state index contributed by atoms with van der Waals surface area (Å²) in [6.45, 7) is 1.88. The van der Waals surface area contributed by atoms with Crippen LogP contribution in [0.15, 0.2) is 84.1 Å². The smallest absolute Gasteiger partial charge is 0.273 e. The zero-order valence-electron chi connectivity index (χ0n) is 19.6. The molecule has 0 spiro atoms. The van der Waals surface area contributed by atoms with E-state index in [1.165, 1.54) is 0 Å². The molecule has 0 radical (unpaired) electrons. The van der Waals surface area contributed by atoms with Crippen LogP contribution in [0.5, 0.6) is 23.0 Å². The van der Waals surface area contributed by atoms with Crippen molar-refractivity contribution >= 4 is 28.2 Å². The molecule has 35 heavy (non-hydrogen) atoms. The second-order valence-electron chi connectivity index (χ2n) is 7.55. The van der Waals surface area contributed by atoms with Crippen molar-refractivity contribution in [2.45, 2.75) is 13.5 Å². The SMILES string of the molecule is COc1cc2nccc(Oc3ccc(NC(=O)C(C)=NOCc4ccccc4)cc3)c2cc1OC. The van der Waals surface area contributed by atoms with E-state index in [2.05, 4.69) is 15.5 Å². The molecule has 0 saturated carbocycles. The zero-order chi connectivity index (χ0) is 24.6. The predicted octanol–water partition coefficient (Wildman–Crippen LogP) is 5.58. The van der Waals surface area contributed by atoms with Gasteiger partial charge in [-0.2, -0.15) is 0 Å². The van der Waals surface area contributed by atoms with Crippen molar-refractivity contribution < 1.29 is 23.8 Å². The average Bonchev–Trinajstić information content (AvgIpc) is 2.89. The highest BCUT2D eigenvalue weighted by Gasteiger charge is 2.12. The Morgan fingerprint density at radius 1 is 0.914 bits per heavy atom. The first-order chi connectivity index (χ1) is 17.1. The summed E-state index contributed by atoms with van der Waals surface area (Å²) < 4.78 is 16.8. The molecule has 0 aliphatic carbocycles. The van der Waals surface area contributed by atoms with Crippen LogP contribution >= 0.6 is 0 Å². The quantitative estimate of drug-likeness (QED) is 0.253. The number of nitrogens with one attached hydrogen (secondary N) is 1. The first-order valence-corrected chi connectivity index (χ1v) is 10.9. The highest BCUT2D eigenvalue weighted by molar-refractivity contribution is 6.42. The Kier molecular flexibility index (Phi) is 7.42. The molecule has 178 valence electrons. The third-order valence-electron chi connectivity index (χ3n) is 5.15. The summed E-state index contributed by atoms with van der Waals surface area (Å²) in [5, 5.41) is 7.47. The summed E-state index contributed by atoms with van der Waals surface area (Å²) in [5.74, 6) is 2.04. The number of carbonyl (C=O) groups is 1. The number of rotatable bonds is 9. The van der Waals surface area contributed by atoms with E-state index in [0.29, 0.717) is 40.8 Å². The number of oxime groups is 1. The number of hydrogen-bond donors (Lipinski definition) is 1. The topological polar surface area (TPSA) is 91.3 Å². The van der Waals surface area contributed by atoms with Gasteiger partial charge >= 0.3 is 0 Å². The Balaban J connectivity index is 1.40. The molecular weight excluding hydrogens is 446 g/mol. The fraction of sp³-hybridized carbons (Fsp3) is 0.148. The number of anilines is 1. The van der Waals surface area contributed by atoms with Crippen molar-refractivity contribution in [2.75, 3.05) is 19.5 Å². The monoisotopic (exact) mass is 471 g/mol. The minimum atomic E-state index is -0.354. The molecule has 3 aromatic carbocycles. The van der Waals surface area contributed by atoms with Crippen LogP contribution in [0.4, 0.5) is 5.69 Å². The molecular formula is C27H25N3O5. The Hall–Kier alpha value is -4.59. The van der Waals surface area contributed by atoms with Crippen LogP contribution in [0, 0.1) is 0 Å². The van der Waals surface area contributed by atoms with Crippen LogP contribution in [-0.4, -0.2) is 30.8 Å². The number of benzene rings is 3. The minimum Gasteiger partial charge on any atom is -0.493 e. The zero-order valence-corrected chi connectivity index (χ0v) is 19.6. The van der Waals surface area contributed by atoms with Gasteiger partial charge in [-0.1, -0.05) is 35.5 Å². The standard InChI is InChI=1S/C27H25N3O5/c1-18(30-34-17-19-7-5-4-6-8-19)27(31)29-20-9-11-21(12-10-20)35-24-13-14-28-23-16-26(33-3)25(32-2)15-22(23)24/h4-16H,17H2,1-3H3,(H,29,31). The van der Waals surface area contributed by atoms with Crippen LogP contribution < -0.4 is 19.5 Å². The lowest BCUT2D eigenvalue weighted by molar-refractivity contribution is -0.110. The lowest BCUT2D eigenvalue weighted by Crippen LogP contribution is -2.20. The molecule has 8 heteroatoms. The second kappa shape index (κ2) is 11.0. The summed E-state index contributed by atoms with van der Waals surface area (Å²) >= 11 is 0. The highest BCUT2D eigenvalue weighted by Crippen LogP contribution is 2.36. The Morgan fingerprint density at radius 2 is 1.63 bits per heavy atom. The van der Waals surface area contributed by atoms with E-state index >= 15 is 0 Å². The van der Waals surface area contributed by atoms with Gasteiger partial charge in [-0.05, 0) is 48.9 Å². The summed E-state index contributed by atoms with van der Waals surface area (Å²) in [7, 11) is 3.16. The molecule has 0 aliphatic rings. The van der Waals surface area contributed by atoms with Crippen LogP contribution in [0.2, 0.25) is 0 Å². The lowest BCUT2D eigenvalue weighted by atomic mass is 10.2. The molecule has 0 unspecified atom stereocenters. The number of methoxy groups -OCH3 is 2. The van der Waals surface area contributed by atoms with Crippen LogP contribution in [0.1, 0.15) is 12.5 Å². The maximum Gasteiger partial charge on any atom is 0.273 e. The summed E-state index contributed by atoms with van der Waals surface area (Å²) in [6.07, 6.45) is 1.67. The molecule has 0 fully saturated rings. The third kappa shape index (κ3) is 5.86. The van der Waals surface area contributed by atoms with Gasteiger partial charge < -0.3 is 24.4 Å². The Bertz CT molecular complexity index is 1340. The van der Waals surface area contributed by atoms with Gasteiger partial charge in [0.1, 0.15) is 23.8 Å². The molecule has 0 aliphatic heterocycles. The molecule has 1 N–H and O–H groups in total. The van der Waals surface area contributed by atoms with Crippen molar-refractivity contribution in [2.24, 2.45) is 5.16 Å². The van der Waals surface area contributed by atoms with Gasteiger partial charge in [0, 0.05) is 23.3 Å². The molecule has 1 aromatic heterocycles. The van der Waals surface area contributed by atoms with Crippen molar-refractivity contribution in [3.8, 4) is 23.0 Å². The fourth-order valence-electron chi connectivity index (χ4n) is 3.31. The number of aromatic nitrogens is 1. The van der Waals surface area contributed by atoms with E-state index in [1.54, 1.807) is 63.7 Å². The molecule has 0 atom stereocenters. The van der Waals surface area contributed by atoms with Crippen molar-refractivity contribution in [1.29, 1.82) is 0 Å². The van der Waals surface area contributed by atoms with Crippen LogP contribution in [0.25, 0.3) is 10.9 Å². The van der Waals surface area contributed by atoms with E-state index in [-0.39, 0.29) is 11.6 Å². The van der Waals surface area contributed by atoms with Gasteiger partial charge in [-0.25, -0.2) is 0 Å². The first-order valence-electron chi connectivity index (χ1n) is 10.9. The minimum absolute atomic E-state index is 0.217. The van der Waals surface area contributed by atoms with E-state index in [9.17, 15) is 4.79 Å². The lowest BCUT2D eigenvalue weighted by Gasteiger charge is -2.12. The van der Waals surface area contributed by atoms with Crippen molar-refractivity contribution in [3.05, 3.63) is 84.6 Å².